The maximum Gasteiger partial charge on any atom is 0.241 e. The van der Waals surface area contributed by atoms with Crippen LogP contribution in [0, 0.1) is 0 Å². The maximum atomic E-state index is 12.5. The van der Waals surface area contributed by atoms with Crippen LogP contribution in [0.2, 0.25) is 10.0 Å². The lowest BCUT2D eigenvalue weighted by molar-refractivity contribution is -0.118. The molecule has 2 rings (SSSR count). The number of nitrogens with one attached hydrogen (secondary N) is 1. The van der Waals surface area contributed by atoms with E-state index in [-0.39, 0.29) is 30.9 Å². The van der Waals surface area contributed by atoms with Gasteiger partial charge in [-0.05, 0) is 43.7 Å². The molecule has 2 aromatic carbocycles. The van der Waals surface area contributed by atoms with Gasteiger partial charge in [-0.2, -0.15) is 0 Å². The lowest BCUT2D eigenvalue weighted by Crippen LogP contribution is -2.42. The molecule has 0 fully saturated rings. The fraction of sp³-hybridized carbons (Fsp3) is 0.278. The fourth-order valence-corrected chi connectivity index (χ4v) is 2.69. The van der Waals surface area contributed by atoms with Crippen molar-refractivity contribution in [1.82, 2.24) is 5.32 Å². The van der Waals surface area contributed by atoms with Gasteiger partial charge >= 0.3 is 0 Å². The molecule has 1 N–H and O–H groups in total. The van der Waals surface area contributed by atoms with Crippen LogP contribution in [0.15, 0.2) is 48.5 Å². The number of amides is 1. The van der Waals surface area contributed by atoms with Crippen molar-refractivity contribution in [3.63, 3.8) is 0 Å². The molecule has 0 bridgehead atoms. The third kappa shape index (κ3) is 5.67. The SMILES string of the molecule is CC(C)N(C(=O)CNCc1ccc(Cl)c(Cl)c1)c1ccccc1.Cl. The number of halogens is 3. The second kappa shape index (κ2) is 9.90. The first-order valence-corrected chi connectivity index (χ1v) is 8.26. The fourth-order valence-electron chi connectivity index (χ4n) is 2.37. The van der Waals surface area contributed by atoms with Crippen LogP contribution < -0.4 is 10.2 Å². The number of hydrogen-bond donors (Lipinski definition) is 1. The lowest BCUT2D eigenvalue weighted by atomic mass is 10.2. The number of carbonyl (C=O) groups is 1. The van der Waals surface area contributed by atoms with E-state index in [1.807, 2.05) is 50.2 Å². The smallest absolute Gasteiger partial charge is 0.241 e. The topological polar surface area (TPSA) is 32.3 Å². The van der Waals surface area contributed by atoms with Crippen LogP contribution in [0.3, 0.4) is 0 Å². The molecule has 0 atom stereocenters. The molecule has 0 heterocycles. The summed E-state index contributed by atoms with van der Waals surface area (Å²) in [6.45, 7) is 4.82. The third-order valence-corrected chi connectivity index (χ3v) is 4.15. The van der Waals surface area contributed by atoms with Crippen LogP contribution in [0.4, 0.5) is 5.69 Å². The van der Waals surface area contributed by atoms with E-state index in [0.717, 1.165) is 11.3 Å². The van der Waals surface area contributed by atoms with Gasteiger partial charge in [0.1, 0.15) is 0 Å². The van der Waals surface area contributed by atoms with Crippen molar-refractivity contribution >= 4 is 47.2 Å². The van der Waals surface area contributed by atoms with Crippen molar-refractivity contribution < 1.29 is 4.79 Å². The largest absolute Gasteiger partial charge is 0.309 e. The predicted octanol–water partition coefficient (Wildman–Crippen LogP) is 4.95. The molecule has 130 valence electrons. The highest BCUT2D eigenvalue weighted by molar-refractivity contribution is 6.42. The zero-order valence-corrected chi connectivity index (χ0v) is 16.0. The van der Waals surface area contributed by atoms with Gasteiger partial charge in [0.05, 0.1) is 16.6 Å². The molecule has 2 aromatic rings. The first-order chi connectivity index (χ1) is 11.0. The van der Waals surface area contributed by atoms with Crippen LogP contribution in [-0.2, 0) is 11.3 Å². The lowest BCUT2D eigenvalue weighted by Gasteiger charge is -2.27. The molecule has 0 spiro atoms. The van der Waals surface area contributed by atoms with E-state index < -0.39 is 0 Å². The summed E-state index contributed by atoms with van der Waals surface area (Å²) in [7, 11) is 0. The van der Waals surface area contributed by atoms with Crippen molar-refractivity contribution in [3.8, 4) is 0 Å². The van der Waals surface area contributed by atoms with E-state index in [9.17, 15) is 4.79 Å². The summed E-state index contributed by atoms with van der Waals surface area (Å²) in [6.07, 6.45) is 0. The van der Waals surface area contributed by atoms with Crippen molar-refractivity contribution in [1.29, 1.82) is 0 Å². The van der Waals surface area contributed by atoms with Crippen molar-refractivity contribution in [2.45, 2.75) is 26.4 Å². The zero-order chi connectivity index (χ0) is 16.8. The maximum absolute atomic E-state index is 12.5. The molecule has 6 heteroatoms. The van der Waals surface area contributed by atoms with Crippen LogP contribution >= 0.6 is 35.6 Å². The van der Waals surface area contributed by atoms with Gasteiger partial charge in [0, 0.05) is 18.3 Å². The summed E-state index contributed by atoms with van der Waals surface area (Å²) in [5.74, 6) is 0.0336. The highest BCUT2D eigenvalue weighted by Gasteiger charge is 2.18. The number of benzene rings is 2. The van der Waals surface area contributed by atoms with Gasteiger partial charge in [-0.3, -0.25) is 4.79 Å². The number of rotatable bonds is 6. The Morgan fingerprint density at radius 1 is 1.08 bits per heavy atom. The highest BCUT2D eigenvalue weighted by atomic mass is 35.5. The molecule has 0 aromatic heterocycles. The summed E-state index contributed by atoms with van der Waals surface area (Å²) in [4.78, 5) is 14.3. The number of para-hydroxylation sites is 1. The van der Waals surface area contributed by atoms with Gasteiger partial charge in [-0.15, -0.1) is 12.4 Å². The highest BCUT2D eigenvalue weighted by Crippen LogP contribution is 2.22. The number of anilines is 1. The average molecular weight is 388 g/mol. The Morgan fingerprint density at radius 2 is 1.75 bits per heavy atom. The molecular formula is C18H21Cl3N2O. The third-order valence-electron chi connectivity index (χ3n) is 3.41. The summed E-state index contributed by atoms with van der Waals surface area (Å²) in [5, 5.41) is 4.21. The molecule has 0 radical (unpaired) electrons. The first-order valence-electron chi connectivity index (χ1n) is 7.51. The second-order valence-corrected chi connectivity index (χ2v) is 6.36. The van der Waals surface area contributed by atoms with E-state index in [4.69, 9.17) is 23.2 Å². The standard InChI is InChI=1S/C18H20Cl2N2O.ClH/c1-13(2)22(15-6-4-3-5-7-15)18(23)12-21-11-14-8-9-16(19)17(20)10-14;/h3-10,13,21H,11-12H2,1-2H3;1H. The van der Waals surface area contributed by atoms with Gasteiger partial charge in [0.2, 0.25) is 5.91 Å². The number of hydrogen-bond acceptors (Lipinski definition) is 2. The summed E-state index contributed by atoms with van der Waals surface area (Å²) in [5.41, 5.74) is 1.90. The Kier molecular flexibility index (Phi) is 8.57. The number of carbonyl (C=O) groups excluding carboxylic acids is 1. The Hall–Kier alpha value is -1.26. The molecule has 0 aliphatic rings. The normalized spacial score (nSPS) is 10.4. The molecule has 0 aliphatic carbocycles. The van der Waals surface area contributed by atoms with Gasteiger partial charge in [-0.1, -0.05) is 47.5 Å². The molecule has 3 nitrogen and oxygen atoms in total. The van der Waals surface area contributed by atoms with Crippen molar-refractivity contribution in [2.75, 3.05) is 11.4 Å². The van der Waals surface area contributed by atoms with Crippen molar-refractivity contribution in [2.24, 2.45) is 0 Å². The minimum atomic E-state index is 0. The molecule has 1 amide bonds. The Balaban J connectivity index is 0.00000288. The van der Waals surface area contributed by atoms with Gasteiger partial charge in [0.25, 0.3) is 0 Å². The molecule has 24 heavy (non-hydrogen) atoms. The average Bonchev–Trinajstić information content (AvgIpc) is 2.52. The zero-order valence-electron chi connectivity index (χ0n) is 13.6. The summed E-state index contributed by atoms with van der Waals surface area (Å²) >= 11 is 11.9. The van der Waals surface area contributed by atoms with Crippen LogP contribution in [0.5, 0.6) is 0 Å². The van der Waals surface area contributed by atoms with Crippen LogP contribution in [0.25, 0.3) is 0 Å². The quantitative estimate of drug-likeness (QED) is 0.761. The Bertz CT molecular complexity index is 663. The van der Waals surface area contributed by atoms with Gasteiger partial charge < -0.3 is 10.2 Å². The summed E-state index contributed by atoms with van der Waals surface area (Å²) in [6, 6.07) is 15.2. The van der Waals surface area contributed by atoms with Gasteiger partial charge in [-0.25, -0.2) is 0 Å². The van der Waals surface area contributed by atoms with Crippen LogP contribution in [-0.4, -0.2) is 18.5 Å². The molecule has 0 saturated heterocycles. The van der Waals surface area contributed by atoms with Crippen molar-refractivity contribution in [3.05, 3.63) is 64.1 Å². The second-order valence-electron chi connectivity index (χ2n) is 5.55. The van der Waals surface area contributed by atoms with E-state index in [2.05, 4.69) is 5.32 Å². The first kappa shape index (κ1) is 20.8. The molecular weight excluding hydrogens is 367 g/mol. The monoisotopic (exact) mass is 386 g/mol. The predicted molar refractivity (Wildman–Crippen MR) is 104 cm³/mol. The van der Waals surface area contributed by atoms with Gasteiger partial charge in [0.15, 0.2) is 0 Å². The van der Waals surface area contributed by atoms with Crippen LogP contribution in [0.1, 0.15) is 19.4 Å². The molecule has 0 saturated carbocycles. The summed E-state index contributed by atoms with van der Waals surface area (Å²) < 4.78 is 0. The van der Waals surface area contributed by atoms with E-state index in [0.29, 0.717) is 16.6 Å². The van der Waals surface area contributed by atoms with E-state index in [1.54, 1.807) is 17.0 Å². The molecule has 0 unspecified atom stereocenters. The number of nitrogens with zero attached hydrogens (tertiary/aromatic N) is 1. The van der Waals surface area contributed by atoms with E-state index in [1.165, 1.54) is 0 Å². The van der Waals surface area contributed by atoms with E-state index >= 15 is 0 Å². The molecule has 0 aliphatic heterocycles. The minimum absolute atomic E-state index is 0. The Morgan fingerprint density at radius 3 is 2.33 bits per heavy atom. The Labute approximate surface area is 159 Å². The minimum Gasteiger partial charge on any atom is -0.309 e.